The maximum absolute atomic E-state index is 14.1. The van der Waals surface area contributed by atoms with E-state index in [0.717, 1.165) is 5.56 Å². The summed E-state index contributed by atoms with van der Waals surface area (Å²) in [7, 11) is 1.35. The van der Waals surface area contributed by atoms with Gasteiger partial charge in [0.1, 0.15) is 5.82 Å². The van der Waals surface area contributed by atoms with Gasteiger partial charge in [0.05, 0.1) is 7.11 Å². The molecule has 0 amide bonds. The molecule has 20 heavy (non-hydrogen) atoms. The number of hydrogen-bond acceptors (Lipinski definition) is 4. The van der Waals surface area contributed by atoms with Crippen LogP contribution < -0.4 is 10.5 Å². The van der Waals surface area contributed by atoms with E-state index in [2.05, 4.69) is 9.97 Å². The SMILES string of the molecule is COc1cc(C)c(F)c(CCc2cnc(N)nc2)c1F. The lowest BCUT2D eigenvalue weighted by atomic mass is 10.0. The molecule has 0 bridgehead atoms. The first-order valence-electron chi connectivity index (χ1n) is 6.10. The monoisotopic (exact) mass is 279 g/mol. The number of benzene rings is 1. The fraction of sp³-hybridized carbons (Fsp3) is 0.286. The van der Waals surface area contributed by atoms with E-state index in [4.69, 9.17) is 10.5 Å². The van der Waals surface area contributed by atoms with Crippen LogP contribution >= 0.6 is 0 Å². The lowest BCUT2D eigenvalue weighted by Crippen LogP contribution is -2.04. The molecule has 0 unspecified atom stereocenters. The Morgan fingerprint density at radius 1 is 1.15 bits per heavy atom. The van der Waals surface area contributed by atoms with Crippen LogP contribution in [-0.2, 0) is 12.8 Å². The molecule has 0 spiro atoms. The van der Waals surface area contributed by atoms with Crippen molar-refractivity contribution in [2.45, 2.75) is 19.8 Å². The fourth-order valence-electron chi connectivity index (χ4n) is 1.94. The second-order valence-corrected chi connectivity index (χ2v) is 4.45. The standard InChI is InChI=1S/C14H15F2N3O/c1-8-5-11(20-2)13(16)10(12(8)15)4-3-9-6-18-14(17)19-7-9/h5-7H,3-4H2,1-2H3,(H2,17,18,19). The summed E-state index contributed by atoms with van der Waals surface area (Å²) in [5, 5.41) is 0. The molecule has 6 heteroatoms. The average Bonchev–Trinajstić information content (AvgIpc) is 2.44. The Hall–Kier alpha value is -2.24. The number of ether oxygens (including phenoxy) is 1. The first kappa shape index (κ1) is 14.2. The highest BCUT2D eigenvalue weighted by molar-refractivity contribution is 5.38. The molecule has 1 aromatic heterocycles. The van der Waals surface area contributed by atoms with E-state index >= 15 is 0 Å². The topological polar surface area (TPSA) is 61.0 Å². The van der Waals surface area contributed by atoms with Gasteiger partial charge in [-0.2, -0.15) is 0 Å². The molecule has 1 aromatic carbocycles. The molecule has 4 nitrogen and oxygen atoms in total. The van der Waals surface area contributed by atoms with Crippen molar-refractivity contribution in [3.63, 3.8) is 0 Å². The van der Waals surface area contributed by atoms with Crippen molar-refractivity contribution < 1.29 is 13.5 Å². The number of aryl methyl sites for hydroxylation is 2. The highest BCUT2D eigenvalue weighted by Crippen LogP contribution is 2.27. The van der Waals surface area contributed by atoms with Crippen LogP contribution in [0.2, 0.25) is 0 Å². The second-order valence-electron chi connectivity index (χ2n) is 4.45. The first-order chi connectivity index (χ1) is 9.52. The Morgan fingerprint density at radius 2 is 1.80 bits per heavy atom. The van der Waals surface area contributed by atoms with Gasteiger partial charge in [0.25, 0.3) is 0 Å². The van der Waals surface area contributed by atoms with Crippen molar-refractivity contribution in [1.29, 1.82) is 0 Å². The van der Waals surface area contributed by atoms with Gasteiger partial charge in [0, 0.05) is 18.0 Å². The minimum atomic E-state index is -0.660. The van der Waals surface area contributed by atoms with Crippen molar-refractivity contribution in [3.05, 3.63) is 46.8 Å². The van der Waals surface area contributed by atoms with E-state index < -0.39 is 11.6 Å². The molecule has 1 heterocycles. The molecule has 0 saturated heterocycles. The zero-order valence-electron chi connectivity index (χ0n) is 11.3. The fourth-order valence-corrected chi connectivity index (χ4v) is 1.94. The Balaban J connectivity index is 2.24. The Morgan fingerprint density at radius 3 is 2.40 bits per heavy atom. The summed E-state index contributed by atoms with van der Waals surface area (Å²) in [6.45, 7) is 1.58. The molecule has 0 radical (unpaired) electrons. The van der Waals surface area contributed by atoms with Crippen molar-refractivity contribution in [3.8, 4) is 5.75 Å². The van der Waals surface area contributed by atoms with E-state index in [1.165, 1.54) is 13.2 Å². The van der Waals surface area contributed by atoms with Crippen LogP contribution in [0.25, 0.3) is 0 Å². The van der Waals surface area contributed by atoms with E-state index in [9.17, 15) is 8.78 Å². The average molecular weight is 279 g/mol. The largest absolute Gasteiger partial charge is 0.494 e. The van der Waals surface area contributed by atoms with Crippen LogP contribution in [0.5, 0.6) is 5.75 Å². The van der Waals surface area contributed by atoms with Gasteiger partial charge in [-0.05, 0) is 37.0 Å². The van der Waals surface area contributed by atoms with Crippen LogP contribution in [0.15, 0.2) is 18.5 Å². The lowest BCUT2D eigenvalue weighted by Gasteiger charge is -2.11. The third-order valence-corrected chi connectivity index (χ3v) is 3.05. The van der Waals surface area contributed by atoms with Crippen molar-refractivity contribution in [2.75, 3.05) is 12.8 Å². The molecule has 0 atom stereocenters. The summed E-state index contributed by atoms with van der Waals surface area (Å²) in [6.07, 6.45) is 3.71. The van der Waals surface area contributed by atoms with Crippen molar-refractivity contribution >= 4 is 5.95 Å². The zero-order valence-corrected chi connectivity index (χ0v) is 11.3. The quantitative estimate of drug-likeness (QED) is 0.933. The Labute approximate surface area is 115 Å². The van der Waals surface area contributed by atoms with Crippen LogP contribution in [0, 0.1) is 18.6 Å². The predicted octanol–water partition coefficient (Wildman–Crippen LogP) is 2.44. The summed E-state index contributed by atoms with van der Waals surface area (Å²) < 4.78 is 33.0. The smallest absolute Gasteiger partial charge is 0.219 e. The molecule has 0 saturated carbocycles. The van der Waals surface area contributed by atoms with E-state index in [1.807, 2.05) is 0 Å². The minimum Gasteiger partial charge on any atom is -0.494 e. The summed E-state index contributed by atoms with van der Waals surface area (Å²) in [6, 6.07) is 1.35. The molecular weight excluding hydrogens is 264 g/mol. The second kappa shape index (κ2) is 5.81. The van der Waals surface area contributed by atoms with Crippen molar-refractivity contribution in [1.82, 2.24) is 9.97 Å². The lowest BCUT2D eigenvalue weighted by molar-refractivity contribution is 0.379. The maximum Gasteiger partial charge on any atom is 0.219 e. The number of anilines is 1. The molecule has 0 aliphatic carbocycles. The van der Waals surface area contributed by atoms with Gasteiger partial charge in [-0.15, -0.1) is 0 Å². The third-order valence-electron chi connectivity index (χ3n) is 3.05. The van der Waals surface area contributed by atoms with Crippen LogP contribution in [0.4, 0.5) is 14.7 Å². The summed E-state index contributed by atoms with van der Waals surface area (Å²) in [5.41, 5.74) is 6.51. The Bertz CT molecular complexity index is 615. The number of nitrogens with zero attached hydrogens (tertiary/aromatic N) is 2. The summed E-state index contributed by atoms with van der Waals surface area (Å²) in [5.74, 6) is -0.984. The van der Waals surface area contributed by atoms with Gasteiger partial charge >= 0.3 is 0 Å². The number of rotatable bonds is 4. The molecule has 2 N–H and O–H groups in total. The van der Waals surface area contributed by atoms with Crippen LogP contribution in [0.3, 0.4) is 0 Å². The normalized spacial score (nSPS) is 10.6. The highest BCUT2D eigenvalue weighted by Gasteiger charge is 2.17. The molecule has 2 aromatic rings. The molecule has 0 fully saturated rings. The summed E-state index contributed by atoms with van der Waals surface area (Å²) >= 11 is 0. The van der Waals surface area contributed by atoms with Gasteiger partial charge in [-0.1, -0.05) is 0 Å². The molecule has 2 rings (SSSR count). The molecular formula is C14H15F2N3O. The maximum atomic E-state index is 14.1. The van der Waals surface area contributed by atoms with Crippen LogP contribution in [-0.4, -0.2) is 17.1 Å². The highest BCUT2D eigenvalue weighted by atomic mass is 19.1. The van der Waals surface area contributed by atoms with Gasteiger partial charge in [0.15, 0.2) is 11.6 Å². The van der Waals surface area contributed by atoms with Gasteiger partial charge in [0.2, 0.25) is 5.95 Å². The van der Waals surface area contributed by atoms with Gasteiger partial charge in [-0.25, -0.2) is 18.7 Å². The van der Waals surface area contributed by atoms with E-state index in [1.54, 1.807) is 19.3 Å². The van der Waals surface area contributed by atoms with Gasteiger partial charge < -0.3 is 10.5 Å². The van der Waals surface area contributed by atoms with E-state index in [-0.39, 0.29) is 23.7 Å². The van der Waals surface area contributed by atoms with Gasteiger partial charge in [-0.3, -0.25) is 0 Å². The van der Waals surface area contributed by atoms with Crippen molar-refractivity contribution in [2.24, 2.45) is 0 Å². The van der Waals surface area contributed by atoms with Crippen LogP contribution in [0.1, 0.15) is 16.7 Å². The molecule has 0 aliphatic rings. The molecule has 0 aliphatic heterocycles. The number of halogens is 2. The third kappa shape index (κ3) is 2.84. The zero-order chi connectivity index (χ0) is 14.7. The number of methoxy groups -OCH3 is 1. The number of aromatic nitrogens is 2. The van der Waals surface area contributed by atoms with E-state index in [0.29, 0.717) is 12.0 Å². The molecule has 106 valence electrons. The number of hydrogen-bond donors (Lipinski definition) is 1. The minimum absolute atomic E-state index is 0.0127. The predicted molar refractivity (Wildman–Crippen MR) is 71.5 cm³/mol. The number of nitrogens with two attached hydrogens (primary N) is 1. The summed E-state index contributed by atoms with van der Waals surface area (Å²) in [4.78, 5) is 7.68. The first-order valence-corrected chi connectivity index (χ1v) is 6.10. The Kier molecular flexibility index (Phi) is 4.12. The number of nitrogen functional groups attached to an aromatic ring is 1.